The van der Waals surface area contributed by atoms with Crippen molar-refractivity contribution < 1.29 is 18.7 Å². The summed E-state index contributed by atoms with van der Waals surface area (Å²) < 4.78 is 25.5. The van der Waals surface area contributed by atoms with E-state index in [1.807, 2.05) is 0 Å². The predicted octanol–water partition coefficient (Wildman–Crippen LogP) is 3.22. The minimum absolute atomic E-state index is 0.220. The first kappa shape index (κ1) is 12.8. The lowest BCUT2D eigenvalue weighted by atomic mass is 10.1. The van der Waals surface area contributed by atoms with Crippen molar-refractivity contribution in [2.24, 2.45) is 0 Å². The third kappa shape index (κ3) is 2.83. The average Bonchev–Trinajstić information content (AvgIpc) is 2.16. The SMILES string of the molecule is O=C(O)c1cc(C(F)F)c(CBr)c(I)n1. The number of rotatable bonds is 3. The van der Waals surface area contributed by atoms with Gasteiger partial charge in [-0.3, -0.25) is 0 Å². The number of pyridine rings is 1. The molecule has 0 aliphatic rings. The monoisotopic (exact) mass is 391 g/mol. The maximum absolute atomic E-state index is 12.6. The average molecular weight is 392 g/mol. The topological polar surface area (TPSA) is 50.2 Å². The molecule has 0 fully saturated rings. The highest BCUT2D eigenvalue weighted by molar-refractivity contribution is 14.1. The molecule has 0 amide bonds. The van der Waals surface area contributed by atoms with Gasteiger partial charge in [0.25, 0.3) is 6.43 Å². The fourth-order valence-corrected chi connectivity index (χ4v) is 2.87. The quantitative estimate of drug-likeness (QED) is 0.489. The summed E-state index contributed by atoms with van der Waals surface area (Å²) in [5.74, 6) is -1.31. The normalized spacial score (nSPS) is 10.7. The van der Waals surface area contributed by atoms with Gasteiger partial charge < -0.3 is 5.11 Å². The van der Waals surface area contributed by atoms with Crippen molar-refractivity contribution in [3.63, 3.8) is 0 Å². The number of hydrogen-bond acceptors (Lipinski definition) is 2. The molecule has 0 radical (unpaired) electrons. The van der Waals surface area contributed by atoms with Crippen LogP contribution in [0, 0.1) is 3.70 Å². The summed E-state index contributed by atoms with van der Waals surface area (Å²) >= 11 is 4.80. The van der Waals surface area contributed by atoms with E-state index >= 15 is 0 Å². The molecule has 0 atom stereocenters. The number of alkyl halides is 3. The van der Waals surface area contributed by atoms with Gasteiger partial charge in [0.1, 0.15) is 9.39 Å². The third-order valence-corrected chi connectivity index (χ3v) is 3.15. The zero-order valence-corrected chi connectivity index (χ0v) is 10.9. The Balaban J connectivity index is 3.38. The van der Waals surface area contributed by atoms with Crippen LogP contribution < -0.4 is 0 Å². The maximum Gasteiger partial charge on any atom is 0.354 e. The molecule has 1 rings (SSSR count). The Hall–Kier alpha value is -0.310. The fourth-order valence-electron chi connectivity index (χ4n) is 0.996. The van der Waals surface area contributed by atoms with Crippen LogP contribution >= 0.6 is 38.5 Å². The molecule has 3 nitrogen and oxygen atoms in total. The van der Waals surface area contributed by atoms with Crippen LogP contribution in [0.1, 0.15) is 28.0 Å². The van der Waals surface area contributed by atoms with Crippen molar-refractivity contribution in [3.05, 3.63) is 26.6 Å². The summed E-state index contributed by atoms with van der Waals surface area (Å²) in [4.78, 5) is 14.3. The van der Waals surface area contributed by atoms with E-state index in [2.05, 4.69) is 20.9 Å². The maximum atomic E-state index is 12.6. The predicted molar refractivity (Wildman–Crippen MR) is 61.5 cm³/mol. The molecule has 1 aromatic rings. The van der Waals surface area contributed by atoms with Crippen molar-refractivity contribution >= 4 is 44.5 Å². The molecule has 0 saturated carbocycles. The Morgan fingerprint density at radius 1 is 1.67 bits per heavy atom. The molecule has 82 valence electrons. The van der Waals surface area contributed by atoms with Gasteiger partial charge in [-0.15, -0.1) is 0 Å². The van der Waals surface area contributed by atoms with Crippen molar-refractivity contribution in [1.29, 1.82) is 0 Å². The van der Waals surface area contributed by atoms with Gasteiger partial charge in [0, 0.05) is 16.5 Å². The molecular formula is C8H5BrF2INO2. The summed E-state index contributed by atoms with van der Waals surface area (Å²) in [6.45, 7) is 0. The van der Waals surface area contributed by atoms with Crippen molar-refractivity contribution in [2.45, 2.75) is 11.8 Å². The van der Waals surface area contributed by atoms with Crippen molar-refractivity contribution in [1.82, 2.24) is 4.98 Å². The van der Waals surface area contributed by atoms with Crippen LogP contribution in [0.3, 0.4) is 0 Å². The number of nitrogens with zero attached hydrogens (tertiary/aromatic N) is 1. The Morgan fingerprint density at radius 2 is 2.27 bits per heavy atom. The molecular weight excluding hydrogens is 387 g/mol. The van der Waals surface area contributed by atoms with E-state index in [9.17, 15) is 13.6 Å². The molecule has 15 heavy (non-hydrogen) atoms. The molecule has 1 N–H and O–H groups in total. The molecule has 0 saturated heterocycles. The molecule has 0 aliphatic heterocycles. The fraction of sp³-hybridized carbons (Fsp3) is 0.250. The first-order valence-corrected chi connectivity index (χ1v) is 5.94. The Morgan fingerprint density at radius 3 is 2.67 bits per heavy atom. The minimum Gasteiger partial charge on any atom is -0.477 e. The van der Waals surface area contributed by atoms with E-state index in [4.69, 9.17) is 5.11 Å². The smallest absolute Gasteiger partial charge is 0.354 e. The highest BCUT2D eigenvalue weighted by Gasteiger charge is 2.19. The number of aromatic nitrogens is 1. The summed E-state index contributed by atoms with van der Waals surface area (Å²) in [7, 11) is 0. The van der Waals surface area contributed by atoms with E-state index in [0.717, 1.165) is 6.07 Å². The molecule has 0 bridgehead atoms. The highest BCUT2D eigenvalue weighted by Crippen LogP contribution is 2.28. The van der Waals surface area contributed by atoms with Crippen LogP contribution in [0.4, 0.5) is 8.78 Å². The van der Waals surface area contributed by atoms with Crippen LogP contribution in [0.2, 0.25) is 0 Å². The molecule has 0 aromatic carbocycles. The van der Waals surface area contributed by atoms with Crippen LogP contribution in [-0.2, 0) is 5.33 Å². The molecule has 0 aliphatic carbocycles. The molecule has 0 unspecified atom stereocenters. The van der Waals surface area contributed by atoms with E-state index in [0.29, 0.717) is 5.56 Å². The van der Waals surface area contributed by atoms with Crippen LogP contribution in [0.25, 0.3) is 0 Å². The van der Waals surface area contributed by atoms with Gasteiger partial charge in [0.2, 0.25) is 0 Å². The summed E-state index contributed by atoms with van der Waals surface area (Å²) in [6, 6.07) is 0.908. The first-order chi connectivity index (χ1) is 6.97. The number of hydrogen-bond donors (Lipinski definition) is 1. The van der Waals surface area contributed by atoms with E-state index in [1.54, 1.807) is 22.6 Å². The number of carboxylic acid groups (broad SMARTS) is 1. The van der Waals surface area contributed by atoms with Gasteiger partial charge in [-0.05, 0) is 28.7 Å². The zero-order chi connectivity index (χ0) is 11.6. The van der Waals surface area contributed by atoms with Crippen LogP contribution in [0.15, 0.2) is 6.07 Å². The third-order valence-electron chi connectivity index (χ3n) is 1.70. The standard InChI is InChI=1S/C8H5BrF2INO2/c9-2-4-3(6(10)11)1-5(8(14)15)13-7(4)12/h1,6H,2H2,(H,14,15). The van der Waals surface area contributed by atoms with E-state index in [1.165, 1.54) is 0 Å². The molecule has 7 heteroatoms. The van der Waals surface area contributed by atoms with Gasteiger partial charge in [-0.2, -0.15) is 0 Å². The second kappa shape index (κ2) is 5.15. The highest BCUT2D eigenvalue weighted by atomic mass is 127. The zero-order valence-electron chi connectivity index (χ0n) is 7.18. The number of aromatic carboxylic acids is 1. The largest absolute Gasteiger partial charge is 0.477 e. The van der Waals surface area contributed by atoms with Gasteiger partial charge >= 0.3 is 5.97 Å². The lowest BCUT2D eigenvalue weighted by Crippen LogP contribution is -2.07. The Bertz CT molecular complexity index is 400. The van der Waals surface area contributed by atoms with Gasteiger partial charge in [0.05, 0.1) is 0 Å². The number of halogens is 4. The molecule has 1 heterocycles. The summed E-state index contributed by atoms with van der Waals surface area (Å²) in [6.07, 6.45) is -2.70. The Labute approximate surface area is 106 Å². The van der Waals surface area contributed by atoms with Gasteiger partial charge in [-0.1, -0.05) is 15.9 Å². The number of carbonyl (C=O) groups is 1. The lowest BCUT2D eigenvalue weighted by molar-refractivity contribution is 0.0689. The van der Waals surface area contributed by atoms with Crippen LogP contribution in [-0.4, -0.2) is 16.1 Å². The molecule has 1 aromatic heterocycles. The van der Waals surface area contributed by atoms with Gasteiger partial charge in [-0.25, -0.2) is 18.6 Å². The number of carboxylic acids is 1. The second-order valence-corrected chi connectivity index (χ2v) is 4.19. The first-order valence-electron chi connectivity index (χ1n) is 3.74. The van der Waals surface area contributed by atoms with Crippen LogP contribution in [0.5, 0.6) is 0 Å². The Kier molecular flexibility index (Phi) is 4.38. The minimum atomic E-state index is -2.70. The second-order valence-electron chi connectivity index (χ2n) is 2.61. The lowest BCUT2D eigenvalue weighted by Gasteiger charge is -2.09. The summed E-state index contributed by atoms with van der Waals surface area (Å²) in [5.41, 5.74) is -0.321. The van der Waals surface area contributed by atoms with Gasteiger partial charge in [0.15, 0.2) is 0 Å². The molecule has 0 spiro atoms. The summed E-state index contributed by atoms with van der Waals surface area (Å²) in [5, 5.41) is 8.88. The van der Waals surface area contributed by atoms with Crippen molar-refractivity contribution in [2.75, 3.05) is 0 Å². The van der Waals surface area contributed by atoms with E-state index < -0.39 is 12.4 Å². The van der Waals surface area contributed by atoms with Crippen molar-refractivity contribution in [3.8, 4) is 0 Å². The van der Waals surface area contributed by atoms with E-state index in [-0.39, 0.29) is 20.3 Å².